The second-order valence-electron chi connectivity index (χ2n) is 6.47. The molecule has 146 valence electrons. The summed E-state index contributed by atoms with van der Waals surface area (Å²) in [5.74, 6) is -0.436. The smallest absolute Gasteiger partial charge is 0.255 e. The van der Waals surface area contributed by atoms with E-state index in [1.807, 2.05) is 26.8 Å². The van der Waals surface area contributed by atoms with Crippen molar-refractivity contribution < 1.29 is 14.4 Å². The van der Waals surface area contributed by atoms with E-state index in [-0.39, 0.29) is 23.0 Å². The molecule has 1 aliphatic heterocycles. The van der Waals surface area contributed by atoms with Crippen LogP contribution in [0.1, 0.15) is 41.5 Å². The molecule has 0 saturated heterocycles. The van der Waals surface area contributed by atoms with Gasteiger partial charge in [-0.3, -0.25) is 14.4 Å². The van der Waals surface area contributed by atoms with E-state index < -0.39 is 0 Å². The quantitative estimate of drug-likeness (QED) is 0.803. The number of benzene rings is 2. The number of fused-ring (bicyclic) bond motifs is 1. The molecule has 6 nitrogen and oxygen atoms in total. The summed E-state index contributed by atoms with van der Waals surface area (Å²) in [7, 11) is 0. The highest BCUT2D eigenvalue weighted by Gasteiger charge is 2.24. The minimum atomic E-state index is -0.298. The topological polar surface area (TPSA) is 78.5 Å². The SMILES string of the molecule is CCN(CC)C(=O)c1cccc(NC(=O)c2ccc3c(c2)NC(=O)[C@H](C)S3)c1. The van der Waals surface area contributed by atoms with E-state index in [0.717, 1.165) is 4.90 Å². The summed E-state index contributed by atoms with van der Waals surface area (Å²) in [6.45, 7) is 6.96. The van der Waals surface area contributed by atoms with Crippen LogP contribution in [0.4, 0.5) is 11.4 Å². The second-order valence-corrected chi connectivity index (χ2v) is 7.86. The third-order valence-electron chi connectivity index (χ3n) is 4.59. The Hall–Kier alpha value is -2.80. The number of hydrogen-bond donors (Lipinski definition) is 2. The molecule has 0 unspecified atom stereocenters. The number of nitrogens with one attached hydrogen (secondary N) is 2. The zero-order chi connectivity index (χ0) is 20.3. The van der Waals surface area contributed by atoms with E-state index in [1.54, 1.807) is 41.3 Å². The number of thioether (sulfide) groups is 1. The maximum atomic E-state index is 12.6. The van der Waals surface area contributed by atoms with Crippen molar-refractivity contribution in [1.82, 2.24) is 4.90 Å². The van der Waals surface area contributed by atoms with Crippen molar-refractivity contribution in [3.05, 3.63) is 53.6 Å². The Bertz CT molecular complexity index is 925. The number of hydrogen-bond acceptors (Lipinski definition) is 4. The fraction of sp³-hybridized carbons (Fsp3) is 0.286. The Labute approximate surface area is 168 Å². The molecule has 2 aromatic rings. The van der Waals surface area contributed by atoms with Gasteiger partial charge < -0.3 is 15.5 Å². The molecule has 7 heteroatoms. The average Bonchev–Trinajstić information content (AvgIpc) is 2.69. The number of anilines is 2. The minimum Gasteiger partial charge on any atom is -0.339 e. The predicted octanol–water partition coefficient (Wildman–Crippen LogP) is 3.85. The molecule has 28 heavy (non-hydrogen) atoms. The van der Waals surface area contributed by atoms with Crippen LogP contribution in [0.15, 0.2) is 47.4 Å². The maximum Gasteiger partial charge on any atom is 0.255 e. The van der Waals surface area contributed by atoms with Crippen molar-refractivity contribution in [2.75, 3.05) is 23.7 Å². The normalized spacial score (nSPS) is 15.4. The minimum absolute atomic E-state index is 0.0660. The van der Waals surface area contributed by atoms with Gasteiger partial charge in [0.2, 0.25) is 5.91 Å². The monoisotopic (exact) mass is 397 g/mol. The van der Waals surface area contributed by atoms with Crippen molar-refractivity contribution in [3.63, 3.8) is 0 Å². The summed E-state index contributed by atoms with van der Waals surface area (Å²) in [5.41, 5.74) is 2.17. The molecule has 0 saturated carbocycles. The Kier molecular flexibility index (Phi) is 6.04. The lowest BCUT2D eigenvalue weighted by atomic mass is 10.1. The fourth-order valence-corrected chi connectivity index (χ4v) is 3.91. The van der Waals surface area contributed by atoms with Crippen LogP contribution in [-0.2, 0) is 4.79 Å². The van der Waals surface area contributed by atoms with Gasteiger partial charge in [0.1, 0.15) is 0 Å². The highest BCUT2D eigenvalue weighted by molar-refractivity contribution is 8.00. The number of carbonyl (C=O) groups excluding carboxylic acids is 3. The summed E-state index contributed by atoms with van der Waals surface area (Å²) in [6.07, 6.45) is 0. The molecular weight excluding hydrogens is 374 g/mol. The van der Waals surface area contributed by atoms with Crippen molar-refractivity contribution in [2.45, 2.75) is 30.9 Å². The zero-order valence-corrected chi connectivity index (χ0v) is 16.9. The Balaban J connectivity index is 1.77. The molecule has 1 atom stereocenters. The Morgan fingerprint density at radius 1 is 1.11 bits per heavy atom. The van der Waals surface area contributed by atoms with Crippen LogP contribution in [0.5, 0.6) is 0 Å². The molecule has 2 aromatic carbocycles. The summed E-state index contributed by atoms with van der Waals surface area (Å²) in [4.78, 5) is 39.7. The molecule has 1 heterocycles. The zero-order valence-electron chi connectivity index (χ0n) is 16.1. The molecule has 0 aliphatic carbocycles. The van der Waals surface area contributed by atoms with Crippen LogP contribution in [0.2, 0.25) is 0 Å². The third-order valence-corrected chi connectivity index (χ3v) is 5.77. The van der Waals surface area contributed by atoms with E-state index in [0.29, 0.717) is 35.6 Å². The second kappa shape index (κ2) is 8.48. The molecule has 0 aromatic heterocycles. The standard InChI is InChI=1S/C21H23N3O3S/c1-4-24(5-2)21(27)15-7-6-8-16(11-15)22-20(26)14-9-10-18-17(12-14)23-19(25)13(3)28-18/h6-13H,4-5H2,1-3H3,(H,22,26)(H,23,25)/t13-/m0/s1. The molecule has 0 bridgehead atoms. The average molecular weight is 398 g/mol. The van der Waals surface area contributed by atoms with E-state index in [4.69, 9.17) is 0 Å². The summed E-state index contributed by atoms with van der Waals surface area (Å²) >= 11 is 1.47. The molecule has 0 fully saturated rings. The van der Waals surface area contributed by atoms with Crippen molar-refractivity contribution >= 4 is 40.9 Å². The van der Waals surface area contributed by atoms with Crippen LogP contribution in [-0.4, -0.2) is 41.0 Å². The van der Waals surface area contributed by atoms with Crippen LogP contribution >= 0.6 is 11.8 Å². The summed E-state index contributed by atoms with van der Waals surface area (Å²) in [6, 6.07) is 12.2. The highest BCUT2D eigenvalue weighted by Crippen LogP contribution is 2.36. The van der Waals surface area contributed by atoms with Crippen molar-refractivity contribution in [3.8, 4) is 0 Å². The van der Waals surface area contributed by atoms with Crippen LogP contribution in [0, 0.1) is 0 Å². The Morgan fingerprint density at radius 3 is 2.57 bits per heavy atom. The van der Waals surface area contributed by atoms with E-state index in [1.165, 1.54) is 11.8 Å². The molecule has 0 radical (unpaired) electrons. The molecular formula is C21H23N3O3S. The first-order valence-electron chi connectivity index (χ1n) is 9.25. The van der Waals surface area contributed by atoms with Crippen LogP contribution in [0.3, 0.4) is 0 Å². The first-order valence-corrected chi connectivity index (χ1v) is 10.1. The first kappa shape index (κ1) is 19.9. The lowest BCUT2D eigenvalue weighted by Crippen LogP contribution is -2.30. The number of carbonyl (C=O) groups is 3. The number of amides is 3. The van der Waals surface area contributed by atoms with Gasteiger partial charge in [-0.15, -0.1) is 11.8 Å². The van der Waals surface area contributed by atoms with Gasteiger partial charge in [-0.25, -0.2) is 0 Å². The summed E-state index contributed by atoms with van der Waals surface area (Å²) in [5, 5.41) is 5.50. The molecule has 2 N–H and O–H groups in total. The van der Waals surface area contributed by atoms with Gasteiger partial charge in [0.25, 0.3) is 11.8 Å². The van der Waals surface area contributed by atoms with Gasteiger partial charge in [0.15, 0.2) is 0 Å². The predicted molar refractivity (Wildman–Crippen MR) is 112 cm³/mol. The van der Waals surface area contributed by atoms with Gasteiger partial charge in [-0.05, 0) is 57.2 Å². The van der Waals surface area contributed by atoms with Crippen molar-refractivity contribution in [2.24, 2.45) is 0 Å². The lowest BCUT2D eigenvalue weighted by molar-refractivity contribution is -0.115. The molecule has 3 rings (SSSR count). The van der Waals surface area contributed by atoms with Gasteiger partial charge in [-0.1, -0.05) is 6.07 Å². The van der Waals surface area contributed by atoms with Gasteiger partial charge in [-0.2, -0.15) is 0 Å². The lowest BCUT2D eigenvalue weighted by Gasteiger charge is -2.21. The van der Waals surface area contributed by atoms with E-state index in [9.17, 15) is 14.4 Å². The van der Waals surface area contributed by atoms with Crippen molar-refractivity contribution in [1.29, 1.82) is 0 Å². The number of nitrogens with zero attached hydrogens (tertiary/aromatic N) is 1. The first-order chi connectivity index (χ1) is 13.4. The van der Waals surface area contributed by atoms with E-state index in [2.05, 4.69) is 10.6 Å². The largest absolute Gasteiger partial charge is 0.339 e. The number of rotatable bonds is 5. The molecule has 1 aliphatic rings. The maximum absolute atomic E-state index is 12.6. The Morgan fingerprint density at radius 2 is 1.86 bits per heavy atom. The highest BCUT2D eigenvalue weighted by atomic mass is 32.2. The van der Waals surface area contributed by atoms with E-state index >= 15 is 0 Å². The van der Waals surface area contributed by atoms with Gasteiger partial charge >= 0.3 is 0 Å². The molecule has 0 spiro atoms. The molecule has 3 amide bonds. The van der Waals surface area contributed by atoms with Gasteiger partial charge in [0, 0.05) is 34.8 Å². The third kappa shape index (κ3) is 4.20. The van der Waals surface area contributed by atoms with Gasteiger partial charge in [0.05, 0.1) is 10.9 Å². The summed E-state index contributed by atoms with van der Waals surface area (Å²) < 4.78 is 0. The van der Waals surface area contributed by atoms with Crippen LogP contribution in [0.25, 0.3) is 0 Å². The fourth-order valence-electron chi connectivity index (χ4n) is 2.98. The van der Waals surface area contributed by atoms with Crippen LogP contribution < -0.4 is 10.6 Å².